The molecule has 2 fully saturated rings. The minimum Gasteiger partial charge on any atom is -0.444 e. The molecule has 2 aliphatic carbocycles. The summed E-state index contributed by atoms with van der Waals surface area (Å²) >= 11 is 0. The van der Waals surface area contributed by atoms with Crippen molar-refractivity contribution in [1.29, 1.82) is 0 Å². The van der Waals surface area contributed by atoms with E-state index in [0.29, 0.717) is 32.5 Å². The predicted octanol–water partition coefficient (Wildman–Crippen LogP) is 5.67. The zero-order valence-corrected chi connectivity index (χ0v) is 31.5. The summed E-state index contributed by atoms with van der Waals surface area (Å²) in [5.41, 5.74) is 7.25. The summed E-state index contributed by atoms with van der Waals surface area (Å²) in [5, 5.41) is 9.45. The van der Waals surface area contributed by atoms with Crippen LogP contribution in [0.3, 0.4) is 0 Å². The topological polar surface area (TPSA) is 126 Å². The van der Waals surface area contributed by atoms with Crippen LogP contribution >= 0.6 is 0 Å². The Morgan fingerprint density at radius 1 is 0.725 bits per heavy atom. The minimum absolute atomic E-state index is 0.0180. The number of fused-ring (bicyclic) bond motifs is 2. The number of amides is 3. The highest BCUT2D eigenvalue weighted by molar-refractivity contribution is 5.79. The molecule has 0 aromatic carbocycles. The molecule has 0 unspecified atom stereocenters. The van der Waals surface area contributed by atoms with Crippen molar-refractivity contribution < 1.29 is 19.1 Å². The summed E-state index contributed by atoms with van der Waals surface area (Å²) in [6.45, 7) is 10.1. The number of nitrogens with one attached hydrogen (secondary N) is 3. The summed E-state index contributed by atoms with van der Waals surface area (Å²) in [4.78, 5) is 47.9. The maximum atomic E-state index is 12.4. The van der Waals surface area contributed by atoms with Gasteiger partial charge in [0.05, 0.1) is 0 Å². The SMILES string of the molecule is CC(C)(C)OC(=O)N1CCC(C(=O)NCCCc2ccc3c(n2)CCCC3)CC1.O=C(NCCCc1ccc2c(n1)CCCC2)C1CCNCC1. The van der Waals surface area contributed by atoms with Gasteiger partial charge in [0.1, 0.15) is 5.60 Å². The first-order valence-corrected chi connectivity index (χ1v) is 19.8. The second kappa shape index (κ2) is 19.3. The fourth-order valence-corrected chi connectivity index (χ4v) is 7.52. The number of rotatable bonds is 10. The highest BCUT2D eigenvalue weighted by Gasteiger charge is 2.30. The van der Waals surface area contributed by atoms with E-state index in [-0.39, 0.29) is 29.7 Å². The third kappa shape index (κ3) is 12.6. The lowest BCUT2D eigenvalue weighted by Gasteiger charge is -2.32. The highest BCUT2D eigenvalue weighted by atomic mass is 16.6. The smallest absolute Gasteiger partial charge is 0.410 e. The average molecular weight is 703 g/mol. The first-order chi connectivity index (χ1) is 24.6. The molecule has 0 bridgehead atoms. The van der Waals surface area contributed by atoms with Crippen molar-refractivity contribution in [3.8, 4) is 0 Å². The zero-order chi connectivity index (χ0) is 36.1. The van der Waals surface area contributed by atoms with Gasteiger partial charge >= 0.3 is 6.09 Å². The molecular formula is C41H62N6O4. The normalized spacial score (nSPS) is 18.1. The van der Waals surface area contributed by atoms with Crippen molar-refractivity contribution in [3.63, 3.8) is 0 Å². The Bertz CT molecular complexity index is 1440. The molecular weight excluding hydrogens is 640 g/mol. The lowest BCUT2D eigenvalue weighted by atomic mass is 9.95. The molecule has 51 heavy (non-hydrogen) atoms. The molecule has 0 saturated carbocycles. The largest absolute Gasteiger partial charge is 0.444 e. The van der Waals surface area contributed by atoms with Crippen LogP contribution in [-0.2, 0) is 52.9 Å². The third-order valence-electron chi connectivity index (χ3n) is 10.5. The number of hydrogen-bond acceptors (Lipinski definition) is 7. The monoisotopic (exact) mass is 702 g/mol. The van der Waals surface area contributed by atoms with Gasteiger partial charge in [-0.05, 0) is 160 Å². The number of carbonyl (C=O) groups excluding carboxylic acids is 3. The highest BCUT2D eigenvalue weighted by Crippen LogP contribution is 2.22. The van der Waals surface area contributed by atoms with Crippen LogP contribution in [0.1, 0.15) is 119 Å². The van der Waals surface area contributed by atoms with Crippen molar-refractivity contribution in [2.24, 2.45) is 11.8 Å². The number of likely N-dealkylation sites (tertiary alicyclic amines) is 1. The Labute approximate surface area is 305 Å². The van der Waals surface area contributed by atoms with Crippen molar-refractivity contribution in [1.82, 2.24) is 30.8 Å². The minimum atomic E-state index is -0.488. The van der Waals surface area contributed by atoms with Gasteiger partial charge in [0, 0.05) is 60.8 Å². The Morgan fingerprint density at radius 2 is 1.20 bits per heavy atom. The van der Waals surface area contributed by atoms with E-state index < -0.39 is 5.60 Å². The molecule has 2 saturated heterocycles. The van der Waals surface area contributed by atoms with Crippen LogP contribution in [0.15, 0.2) is 24.3 Å². The average Bonchev–Trinajstić information content (AvgIpc) is 3.15. The lowest BCUT2D eigenvalue weighted by molar-refractivity contribution is -0.126. The number of hydrogen-bond donors (Lipinski definition) is 3. The number of pyridine rings is 2. The Morgan fingerprint density at radius 3 is 1.69 bits per heavy atom. The second-order valence-corrected chi connectivity index (χ2v) is 15.8. The number of ether oxygens (including phenoxy) is 1. The summed E-state index contributed by atoms with van der Waals surface area (Å²) in [6.07, 6.45) is 16.4. The van der Waals surface area contributed by atoms with Gasteiger partial charge < -0.3 is 25.6 Å². The van der Waals surface area contributed by atoms with E-state index in [0.717, 1.165) is 83.1 Å². The fourth-order valence-electron chi connectivity index (χ4n) is 7.52. The molecule has 4 heterocycles. The molecule has 10 heteroatoms. The van der Waals surface area contributed by atoms with E-state index in [4.69, 9.17) is 14.7 Å². The van der Waals surface area contributed by atoms with E-state index in [1.54, 1.807) is 4.90 Å². The summed E-state index contributed by atoms with van der Waals surface area (Å²) < 4.78 is 5.41. The molecule has 2 aliphatic heterocycles. The van der Waals surface area contributed by atoms with Crippen molar-refractivity contribution in [3.05, 3.63) is 58.2 Å². The molecule has 0 atom stereocenters. The molecule has 0 radical (unpaired) electrons. The summed E-state index contributed by atoms with van der Waals surface area (Å²) in [5.74, 6) is 0.533. The maximum Gasteiger partial charge on any atom is 0.410 e. The number of nitrogens with zero attached hydrogens (tertiary/aromatic N) is 3. The van der Waals surface area contributed by atoms with E-state index in [2.05, 4.69) is 40.2 Å². The molecule has 6 rings (SSSR count). The van der Waals surface area contributed by atoms with Gasteiger partial charge in [0.2, 0.25) is 11.8 Å². The first-order valence-electron chi connectivity index (χ1n) is 19.8. The van der Waals surface area contributed by atoms with Gasteiger partial charge in [-0.2, -0.15) is 0 Å². The molecule has 2 aromatic heterocycles. The van der Waals surface area contributed by atoms with E-state index in [1.165, 1.54) is 60.3 Å². The fraction of sp³-hybridized carbons (Fsp3) is 0.683. The summed E-state index contributed by atoms with van der Waals surface area (Å²) in [6, 6.07) is 8.79. The van der Waals surface area contributed by atoms with Crippen molar-refractivity contribution >= 4 is 17.9 Å². The van der Waals surface area contributed by atoms with Crippen LogP contribution in [0.25, 0.3) is 0 Å². The lowest BCUT2D eigenvalue weighted by Crippen LogP contribution is -2.45. The molecule has 0 spiro atoms. The molecule has 10 nitrogen and oxygen atoms in total. The zero-order valence-electron chi connectivity index (χ0n) is 31.5. The van der Waals surface area contributed by atoms with Crippen LogP contribution in [0.2, 0.25) is 0 Å². The van der Waals surface area contributed by atoms with Crippen LogP contribution in [0.4, 0.5) is 4.79 Å². The molecule has 4 aliphatic rings. The van der Waals surface area contributed by atoms with Gasteiger partial charge in [-0.15, -0.1) is 0 Å². The van der Waals surface area contributed by atoms with Crippen molar-refractivity contribution in [2.75, 3.05) is 39.3 Å². The first kappa shape index (κ1) is 38.7. The van der Waals surface area contributed by atoms with Gasteiger partial charge in [-0.3, -0.25) is 19.6 Å². The Hall–Kier alpha value is -3.53. The van der Waals surface area contributed by atoms with Crippen LogP contribution in [0.5, 0.6) is 0 Å². The van der Waals surface area contributed by atoms with Gasteiger partial charge in [-0.25, -0.2) is 4.79 Å². The number of aromatic nitrogens is 2. The summed E-state index contributed by atoms with van der Waals surface area (Å²) in [7, 11) is 0. The van der Waals surface area contributed by atoms with Crippen LogP contribution in [0, 0.1) is 11.8 Å². The number of piperidine rings is 2. The second-order valence-electron chi connectivity index (χ2n) is 15.8. The molecule has 2 aromatic rings. The van der Waals surface area contributed by atoms with Gasteiger partial charge in [0.15, 0.2) is 0 Å². The van der Waals surface area contributed by atoms with E-state index >= 15 is 0 Å². The number of carbonyl (C=O) groups is 3. The van der Waals surface area contributed by atoms with E-state index in [1.807, 2.05) is 20.8 Å². The van der Waals surface area contributed by atoms with Gasteiger partial charge in [0.25, 0.3) is 0 Å². The molecule has 280 valence electrons. The van der Waals surface area contributed by atoms with E-state index in [9.17, 15) is 14.4 Å². The van der Waals surface area contributed by atoms with Crippen LogP contribution < -0.4 is 16.0 Å². The number of aryl methyl sites for hydroxylation is 6. The predicted molar refractivity (Wildman–Crippen MR) is 201 cm³/mol. The molecule has 3 amide bonds. The van der Waals surface area contributed by atoms with Crippen molar-refractivity contribution in [2.45, 2.75) is 129 Å². The van der Waals surface area contributed by atoms with Gasteiger partial charge in [-0.1, -0.05) is 12.1 Å². The quantitative estimate of drug-likeness (QED) is 0.273. The Balaban J connectivity index is 0.000000205. The standard InChI is InChI=1S/C23H35N3O3.C18H27N3O/c1-23(2,3)29-22(28)26-15-12-18(13-16-26)21(27)24-14-6-8-19-11-10-17-7-4-5-9-20(17)25-19;22-18(15-9-12-19-13-10-15)20-11-3-5-16-8-7-14-4-1-2-6-17(14)21-16/h10-11,18H,4-9,12-16H2,1-3H3,(H,24,27);7-8,15,19H,1-6,9-13H2,(H,20,22). The Kier molecular flexibility index (Phi) is 14.7. The maximum absolute atomic E-state index is 12.4. The molecule has 3 N–H and O–H groups in total. The van der Waals surface area contributed by atoms with Crippen LogP contribution in [-0.4, -0.2) is 77.6 Å². The third-order valence-corrected chi connectivity index (χ3v) is 10.5.